The summed E-state index contributed by atoms with van der Waals surface area (Å²) in [4.78, 5) is 23.8. The third kappa shape index (κ3) is 3.12. The van der Waals surface area contributed by atoms with Gasteiger partial charge < -0.3 is 5.32 Å². The molecule has 0 heterocycles. The molecule has 0 aliphatic rings. The van der Waals surface area contributed by atoms with Crippen LogP contribution in [0.4, 0.5) is 5.69 Å². The number of ketones is 1. The first-order valence-corrected chi connectivity index (χ1v) is 6.55. The summed E-state index contributed by atoms with van der Waals surface area (Å²) in [5, 5.41) is 2.83. The zero-order chi connectivity index (χ0) is 14.5. The highest BCUT2D eigenvalue weighted by molar-refractivity contribution is 6.04. The van der Waals surface area contributed by atoms with Gasteiger partial charge in [0.2, 0.25) is 5.91 Å². The quantitative estimate of drug-likeness (QED) is 0.860. The molecule has 0 spiro atoms. The Balaban J connectivity index is 2.18. The molecular formula is C17H17NO2. The molecule has 2 aromatic rings. The van der Waals surface area contributed by atoms with Crippen molar-refractivity contribution in [1.29, 1.82) is 0 Å². The van der Waals surface area contributed by atoms with E-state index < -0.39 is 0 Å². The minimum absolute atomic E-state index is 0.0618. The molecule has 0 radical (unpaired) electrons. The number of anilines is 1. The monoisotopic (exact) mass is 267 g/mol. The molecule has 1 unspecified atom stereocenters. The molecule has 0 aliphatic carbocycles. The number of rotatable bonds is 4. The van der Waals surface area contributed by atoms with Crippen LogP contribution in [0.25, 0.3) is 0 Å². The van der Waals surface area contributed by atoms with Crippen LogP contribution < -0.4 is 5.32 Å². The third-order valence-corrected chi connectivity index (χ3v) is 3.26. The van der Waals surface area contributed by atoms with Crippen LogP contribution in [0.1, 0.15) is 35.7 Å². The summed E-state index contributed by atoms with van der Waals surface area (Å²) in [5.74, 6) is -0.450. The largest absolute Gasteiger partial charge is 0.325 e. The van der Waals surface area contributed by atoms with E-state index in [1.165, 1.54) is 6.92 Å². The Morgan fingerprint density at radius 3 is 2.20 bits per heavy atom. The Morgan fingerprint density at radius 1 is 0.950 bits per heavy atom. The molecule has 2 aromatic carbocycles. The fraction of sp³-hybridized carbons (Fsp3) is 0.176. The Kier molecular flexibility index (Phi) is 4.31. The predicted molar refractivity (Wildman–Crippen MR) is 79.9 cm³/mol. The Morgan fingerprint density at radius 2 is 1.55 bits per heavy atom. The van der Waals surface area contributed by atoms with Crippen LogP contribution in [-0.2, 0) is 4.79 Å². The van der Waals surface area contributed by atoms with Gasteiger partial charge in [-0.05, 0) is 31.5 Å². The van der Waals surface area contributed by atoms with Crippen molar-refractivity contribution in [2.75, 3.05) is 5.32 Å². The van der Waals surface area contributed by atoms with Gasteiger partial charge in [0.25, 0.3) is 0 Å². The Labute approximate surface area is 118 Å². The maximum Gasteiger partial charge on any atom is 0.231 e. The lowest BCUT2D eigenvalue weighted by atomic mass is 10.00. The van der Waals surface area contributed by atoms with Gasteiger partial charge in [-0.15, -0.1) is 0 Å². The third-order valence-electron chi connectivity index (χ3n) is 3.26. The number of carbonyl (C=O) groups is 2. The number of hydrogen-bond donors (Lipinski definition) is 1. The van der Waals surface area contributed by atoms with Gasteiger partial charge in [0.1, 0.15) is 0 Å². The Bertz CT molecular complexity index is 620. The van der Waals surface area contributed by atoms with Crippen LogP contribution in [0.15, 0.2) is 54.6 Å². The fourth-order valence-corrected chi connectivity index (χ4v) is 2.03. The summed E-state index contributed by atoms with van der Waals surface area (Å²) in [6.07, 6.45) is 0. The smallest absolute Gasteiger partial charge is 0.231 e. The maximum atomic E-state index is 12.3. The van der Waals surface area contributed by atoms with E-state index in [1.807, 2.05) is 37.3 Å². The number of para-hydroxylation sites is 1. The van der Waals surface area contributed by atoms with Gasteiger partial charge in [0.15, 0.2) is 5.78 Å². The van der Waals surface area contributed by atoms with E-state index in [2.05, 4.69) is 5.32 Å². The standard InChI is InChI=1S/C17H17NO2/c1-12(14-8-4-3-5-9-14)17(20)18-16-11-7-6-10-15(16)13(2)19/h3-12H,1-2H3,(H,18,20). The summed E-state index contributed by atoms with van der Waals surface area (Å²) in [7, 11) is 0. The molecule has 1 amide bonds. The van der Waals surface area contributed by atoms with Crippen LogP contribution in [-0.4, -0.2) is 11.7 Å². The van der Waals surface area contributed by atoms with Crippen LogP contribution in [0.3, 0.4) is 0 Å². The number of hydrogen-bond acceptors (Lipinski definition) is 2. The number of benzene rings is 2. The summed E-state index contributed by atoms with van der Waals surface area (Å²) in [5.41, 5.74) is 2.04. The van der Waals surface area contributed by atoms with Crippen molar-refractivity contribution >= 4 is 17.4 Å². The van der Waals surface area contributed by atoms with E-state index in [0.717, 1.165) is 5.56 Å². The van der Waals surface area contributed by atoms with Gasteiger partial charge >= 0.3 is 0 Å². The summed E-state index contributed by atoms with van der Waals surface area (Å²) >= 11 is 0. The molecule has 0 saturated carbocycles. The topological polar surface area (TPSA) is 46.2 Å². The van der Waals surface area contributed by atoms with Crippen LogP contribution >= 0.6 is 0 Å². The lowest BCUT2D eigenvalue weighted by Gasteiger charge is -2.14. The lowest BCUT2D eigenvalue weighted by Crippen LogP contribution is -2.20. The molecule has 0 bridgehead atoms. The first-order valence-electron chi connectivity index (χ1n) is 6.55. The van der Waals surface area contributed by atoms with E-state index in [4.69, 9.17) is 0 Å². The summed E-state index contributed by atoms with van der Waals surface area (Å²) in [6.45, 7) is 3.34. The van der Waals surface area contributed by atoms with Gasteiger partial charge in [-0.1, -0.05) is 42.5 Å². The summed E-state index contributed by atoms with van der Waals surface area (Å²) in [6, 6.07) is 16.6. The van der Waals surface area contributed by atoms with Crippen molar-refractivity contribution in [3.05, 3.63) is 65.7 Å². The Hall–Kier alpha value is -2.42. The van der Waals surface area contributed by atoms with E-state index in [0.29, 0.717) is 11.3 Å². The summed E-state index contributed by atoms with van der Waals surface area (Å²) < 4.78 is 0. The van der Waals surface area contributed by atoms with Gasteiger partial charge in [0.05, 0.1) is 11.6 Å². The number of amides is 1. The molecule has 102 valence electrons. The number of carbonyl (C=O) groups excluding carboxylic acids is 2. The second-order valence-corrected chi connectivity index (χ2v) is 4.72. The SMILES string of the molecule is CC(=O)c1ccccc1NC(=O)C(C)c1ccccc1. The van der Waals surface area contributed by atoms with Gasteiger partial charge in [-0.3, -0.25) is 9.59 Å². The van der Waals surface area contributed by atoms with E-state index in [1.54, 1.807) is 24.3 Å². The zero-order valence-corrected chi connectivity index (χ0v) is 11.6. The highest BCUT2D eigenvalue weighted by atomic mass is 16.2. The molecule has 1 atom stereocenters. The molecule has 3 heteroatoms. The van der Waals surface area contributed by atoms with Crippen molar-refractivity contribution in [2.24, 2.45) is 0 Å². The van der Waals surface area contributed by atoms with Gasteiger partial charge in [0, 0.05) is 5.56 Å². The zero-order valence-electron chi connectivity index (χ0n) is 11.6. The highest BCUT2D eigenvalue weighted by Gasteiger charge is 2.16. The molecule has 0 aromatic heterocycles. The molecule has 0 saturated heterocycles. The van der Waals surface area contributed by atoms with Crippen molar-refractivity contribution in [3.8, 4) is 0 Å². The first kappa shape index (κ1) is 14.0. The minimum atomic E-state index is -0.267. The van der Waals surface area contributed by atoms with Crippen molar-refractivity contribution in [2.45, 2.75) is 19.8 Å². The molecule has 0 fully saturated rings. The van der Waals surface area contributed by atoms with E-state index >= 15 is 0 Å². The van der Waals surface area contributed by atoms with Gasteiger partial charge in [-0.25, -0.2) is 0 Å². The average molecular weight is 267 g/mol. The normalized spacial score (nSPS) is 11.7. The molecule has 0 aliphatic heterocycles. The van der Waals surface area contributed by atoms with Crippen molar-refractivity contribution in [1.82, 2.24) is 0 Å². The van der Waals surface area contributed by atoms with Crippen LogP contribution in [0.5, 0.6) is 0 Å². The average Bonchev–Trinajstić information content (AvgIpc) is 2.47. The predicted octanol–water partition coefficient (Wildman–Crippen LogP) is 3.63. The van der Waals surface area contributed by atoms with Crippen molar-refractivity contribution < 1.29 is 9.59 Å². The lowest BCUT2D eigenvalue weighted by molar-refractivity contribution is -0.117. The number of Topliss-reactive ketones (excluding diaryl/α,β-unsaturated/α-hetero) is 1. The highest BCUT2D eigenvalue weighted by Crippen LogP contribution is 2.20. The van der Waals surface area contributed by atoms with Crippen molar-refractivity contribution in [3.63, 3.8) is 0 Å². The molecule has 20 heavy (non-hydrogen) atoms. The fourth-order valence-electron chi connectivity index (χ4n) is 2.03. The molecule has 2 rings (SSSR count). The minimum Gasteiger partial charge on any atom is -0.325 e. The molecule has 1 N–H and O–H groups in total. The van der Waals surface area contributed by atoms with Crippen LogP contribution in [0.2, 0.25) is 0 Å². The van der Waals surface area contributed by atoms with Crippen LogP contribution in [0, 0.1) is 0 Å². The molecular weight excluding hydrogens is 250 g/mol. The van der Waals surface area contributed by atoms with Gasteiger partial charge in [-0.2, -0.15) is 0 Å². The second kappa shape index (κ2) is 6.15. The molecule has 3 nitrogen and oxygen atoms in total. The first-order chi connectivity index (χ1) is 9.59. The number of nitrogens with one attached hydrogen (secondary N) is 1. The van der Waals surface area contributed by atoms with E-state index in [-0.39, 0.29) is 17.6 Å². The maximum absolute atomic E-state index is 12.3. The van der Waals surface area contributed by atoms with E-state index in [9.17, 15) is 9.59 Å². The second-order valence-electron chi connectivity index (χ2n) is 4.72.